The van der Waals surface area contributed by atoms with Crippen molar-refractivity contribution in [3.63, 3.8) is 0 Å². The van der Waals surface area contributed by atoms with Crippen LogP contribution in [0.5, 0.6) is 5.75 Å². The Hall–Kier alpha value is -2.39. The Morgan fingerprint density at radius 3 is 2.53 bits per heavy atom. The molecule has 1 aliphatic rings. The van der Waals surface area contributed by atoms with E-state index in [2.05, 4.69) is 4.98 Å². The number of hydrogen-bond acceptors (Lipinski definition) is 5. The quantitative estimate of drug-likeness (QED) is 0.511. The molecule has 4 rings (SSSR count). The van der Waals surface area contributed by atoms with Crippen molar-refractivity contribution in [2.75, 3.05) is 32.9 Å². The number of sulfonamides is 1. The normalized spacial score (nSPS) is 15.9. The third-order valence-electron chi connectivity index (χ3n) is 5.34. The number of benzene rings is 2. The van der Waals surface area contributed by atoms with Crippen LogP contribution in [0.3, 0.4) is 0 Å². The lowest BCUT2D eigenvalue weighted by atomic mass is 10.2. The van der Waals surface area contributed by atoms with E-state index in [-0.39, 0.29) is 4.90 Å². The first-order valence-electron chi connectivity index (χ1n) is 10.6. The molecule has 0 amide bonds. The molecule has 0 atom stereocenters. The minimum absolute atomic E-state index is 0.228. The molecule has 32 heavy (non-hydrogen) atoms. The topological polar surface area (TPSA) is 73.7 Å². The summed E-state index contributed by atoms with van der Waals surface area (Å²) in [5, 5.41) is 0.477. The summed E-state index contributed by atoms with van der Waals surface area (Å²) in [6.45, 7) is 6.72. The van der Waals surface area contributed by atoms with E-state index >= 15 is 0 Å². The van der Waals surface area contributed by atoms with E-state index in [1.54, 1.807) is 18.2 Å². The minimum atomic E-state index is -3.60. The average Bonchev–Trinajstić information content (AvgIpc) is 3.19. The Balaban J connectivity index is 1.69. The van der Waals surface area contributed by atoms with E-state index < -0.39 is 10.0 Å². The summed E-state index contributed by atoms with van der Waals surface area (Å²) in [5.41, 5.74) is 2.35. The van der Waals surface area contributed by atoms with E-state index in [9.17, 15) is 8.42 Å². The fraction of sp³-hybridized carbons (Fsp3) is 0.348. The zero-order chi connectivity index (χ0) is 22.7. The van der Waals surface area contributed by atoms with Crippen LogP contribution in [-0.2, 0) is 21.3 Å². The van der Waals surface area contributed by atoms with Crippen LogP contribution in [0.2, 0.25) is 0 Å². The molecule has 1 aliphatic heterocycles. The van der Waals surface area contributed by atoms with Gasteiger partial charge in [0.25, 0.3) is 0 Å². The van der Waals surface area contributed by atoms with Gasteiger partial charge in [0.15, 0.2) is 5.82 Å². The van der Waals surface area contributed by atoms with Crippen molar-refractivity contribution in [2.24, 2.45) is 0 Å². The Bertz CT molecular complexity index is 1230. The van der Waals surface area contributed by atoms with Gasteiger partial charge in [-0.3, -0.25) is 0 Å². The highest BCUT2D eigenvalue weighted by molar-refractivity contribution is 7.89. The first kappa shape index (κ1) is 22.8. The van der Waals surface area contributed by atoms with Gasteiger partial charge < -0.3 is 14.0 Å². The molecule has 0 spiro atoms. The minimum Gasteiger partial charge on any atom is -0.494 e. The first-order chi connectivity index (χ1) is 15.4. The maximum Gasteiger partial charge on any atom is 0.243 e. The van der Waals surface area contributed by atoms with E-state index in [0.29, 0.717) is 55.8 Å². The van der Waals surface area contributed by atoms with Crippen molar-refractivity contribution in [2.45, 2.75) is 25.3 Å². The van der Waals surface area contributed by atoms with Crippen LogP contribution in [0, 0.1) is 0 Å². The summed E-state index contributed by atoms with van der Waals surface area (Å²) in [5.74, 6) is 1.40. The van der Waals surface area contributed by atoms with Crippen molar-refractivity contribution in [3.8, 4) is 5.75 Å². The SMILES string of the molecule is CCOc1ccc(/C=C(\Cl)c2nc3cc(S(=O)(=O)N4CCOCC4)ccc3n2CC)cc1. The average molecular weight is 476 g/mol. The molecular weight excluding hydrogens is 450 g/mol. The fourth-order valence-corrected chi connectivity index (χ4v) is 5.45. The Kier molecular flexibility index (Phi) is 6.85. The van der Waals surface area contributed by atoms with Crippen LogP contribution in [0.15, 0.2) is 47.4 Å². The maximum atomic E-state index is 13.0. The smallest absolute Gasteiger partial charge is 0.243 e. The lowest BCUT2D eigenvalue weighted by Gasteiger charge is -2.26. The molecule has 170 valence electrons. The molecule has 0 aliphatic carbocycles. The van der Waals surface area contributed by atoms with Crippen LogP contribution < -0.4 is 4.74 Å². The fourth-order valence-electron chi connectivity index (χ4n) is 3.75. The number of halogens is 1. The van der Waals surface area contributed by atoms with E-state index in [1.807, 2.05) is 48.8 Å². The van der Waals surface area contributed by atoms with Gasteiger partial charge in [-0.1, -0.05) is 23.7 Å². The number of fused-ring (bicyclic) bond motifs is 1. The number of hydrogen-bond donors (Lipinski definition) is 0. The van der Waals surface area contributed by atoms with Crippen molar-refractivity contribution in [1.82, 2.24) is 13.9 Å². The second-order valence-corrected chi connectivity index (χ2v) is 9.69. The largest absolute Gasteiger partial charge is 0.494 e. The van der Waals surface area contributed by atoms with Gasteiger partial charge in [0.2, 0.25) is 10.0 Å². The number of ether oxygens (including phenoxy) is 2. The molecule has 0 unspecified atom stereocenters. The second kappa shape index (κ2) is 9.62. The standard InChI is InChI=1S/C23H26ClN3O4S/c1-3-27-22-10-9-19(32(28,29)26-11-13-30-14-12-26)16-21(22)25-23(27)20(24)15-17-5-7-18(8-6-17)31-4-2/h5-10,15-16H,3-4,11-14H2,1-2H3/b20-15-. The van der Waals surface area contributed by atoms with Gasteiger partial charge >= 0.3 is 0 Å². The van der Waals surface area contributed by atoms with E-state index in [4.69, 9.17) is 21.1 Å². The van der Waals surface area contributed by atoms with Gasteiger partial charge in [0.1, 0.15) is 5.75 Å². The highest BCUT2D eigenvalue weighted by atomic mass is 35.5. The van der Waals surface area contributed by atoms with Crippen molar-refractivity contribution < 1.29 is 17.9 Å². The molecule has 2 aromatic carbocycles. The molecule has 1 aromatic heterocycles. The Morgan fingerprint density at radius 2 is 1.88 bits per heavy atom. The third kappa shape index (κ3) is 4.54. The summed E-state index contributed by atoms with van der Waals surface area (Å²) in [7, 11) is -3.60. The zero-order valence-corrected chi connectivity index (χ0v) is 19.7. The number of rotatable bonds is 7. The van der Waals surface area contributed by atoms with Crippen LogP contribution in [0.1, 0.15) is 25.2 Å². The van der Waals surface area contributed by atoms with Crippen molar-refractivity contribution >= 4 is 43.8 Å². The third-order valence-corrected chi connectivity index (χ3v) is 7.51. The lowest BCUT2D eigenvalue weighted by molar-refractivity contribution is 0.0730. The van der Waals surface area contributed by atoms with Gasteiger partial charge in [-0.15, -0.1) is 0 Å². The van der Waals surface area contributed by atoms with Crippen LogP contribution in [0.25, 0.3) is 22.1 Å². The van der Waals surface area contributed by atoms with Crippen molar-refractivity contribution in [1.29, 1.82) is 0 Å². The summed E-state index contributed by atoms with van der Waals surface area (Å²) in [6.07, 6.45) is 1.84. The van der Waals surface area contributed by atoms with Crippen LogP contribution in [0.4, 0.5) is 0 Å². The molecular formula is C23H26ClN3O4S. The van der Waals surface area contributed by atoms with Gasteiger partial charge in [-0.05, 0) is 55.8 Å². The van der Waals surface area contributed by atoms with Gasteiger partial charge in [0, 0.05) is 19.6 Å². The molecule has 0 radical (unpaired) electrons. The first-order valence-corrected chi connectivity index (χ1v) is 12.4. The highest BCUT2D eigenvalue weighted by Gasteiger charge is 2.27. The predicted octanol–water partition coefficient (Wildman–Crippen LogP) is 4.21. The number of aromatic nitrogens is 2. The number of aryl methyl sites for hydroxylation is 1. The highest BCUT2D eigenvalue weighted by Crippen LogP contribution is 2.29. The van der Waals surface area contributed by atoms with Crippen LogP contribution in [-0.4, -0.2) is 55.2 Å². The number of imidazole rings is 1. The summed E-state index contributed by atoms with van der Waals surface area (Å²) < 4.78 is 40.2. The molecule has 3 aromatic rings. The molecule has 2 heterocycles. The number of nitrogens with zero attached hydrogens (tertiary/aromatic N) is 3. The number of morpholine rings is 1. The summed E-state index contributed by atoms with van der Waals surface area (Å²) in [4.78, 5) is 4.90. The second-order valence-electron chi connectivity index (χ2n) is 7.34. The lowest BCUT2D eigenvalue weighted by Crippen LogP contribution is -2.40. The maximum absolute atomic E-state index is 13.0. The summed E-state index contributed by atoms with van der Waals surface area (Å²) >= 11 is 6.65. The molecule has 7 nitrogen and oxygen atoms in total. The predicted molar refractivity (Wildman–Crippen MR) is 126 cm³/mol. The molecule has 1 fully saturated rings. The Labute approximate surface area is 193 Å². The monoisotopic (exact) mass is 475 g/mol. The molecule has 0 bridgehead atoms. The van der Waals surface area contributed by atoms with Gasteiger partial charge in [-0.25, -0.2) is 13.4 Å². The van der Waals surface area contributed by atoms with Crippen LogP contribution >= 0.6 is 11.6 Å². The molecule has 0 N–H and O–H groups in total. The molecule has 1 saturated heterocycles. The molecule has 0 saturated carbocycles. The Morgan fingerprint density at radius 1 is 1.16 bits per heavy atom. The zero-order valence-electron chi connectivity index (χ0n) is 18.1. The van der Waals surface area contributed by atoms with E-state index in [1.165, 1.54) is 4.31 Å². The van der Waals surface area contributed by atoms with Crippen molar-refractivity contribution in [3.05, 3.63) is 53.9 Å². The van der Waals surface area contributed by atoms with Gasteiger partial charge in [0.05, 0.1) is 40.8 Å². The summed E-state index contributed by atoms with van der Waals surface area (Å²) in [6, 6.07) is 12.7. The van der Waals surface area contributed by atoms with Gasteiger partial charge in [-0.2, -0.15) is 4.31 Å². The molecule has 9 heteroatoms. The van der Waals surface area contributed by atoms with E-state index in [0.717, 1.165) is 16.8 Å².